The van der Waals surface area contributed by atoms with E-state index < -0.39 is 11.4 Å². The molecular weight excluding hydrogens is 340 g/mol. The molecular formula is C16H10Cl2FN3O. The highest BCUT2D eigenvalue weighted by Crippen LogP contribution is 2.32. The molecule has 0 aliphatic carbocycles. The Kier molecular flexibility index (Phi) is 4.15. The lowest BCUT2D eigenvalue weighted by Gasteiger charge is -2.11. The van der Waals surface area contributed by atoms with Crippen molar-refractivity contribution in [3.63, 3.8) is 0 Å². The van der Waals surface area contributed by atoms with Crippen LogP contribution in [0.1, 0.15) is 5.69 Å². The summed E-state index contributed by atoms with van der Waals surface area (Å²) in [5.41, 5.74) is 1.23. The Balaban J connectivity index is 2.34. The fraction of sp³-hybridized carbons (Fsp3) is 0.0625. The maximum atomic E-state index is 14.3. The molecule has 1 N–H and O–H groups in total. The second-order valence-corrected chi connectivity index (χ2v) is 5.75. The van der Waals surface area contributed by atoms with Crippen LogP contribution in [0.3, 0.4) is 0 Å². The number of benzene rings is 1. The van der Waals surface area contributed by atoms with E-state index in [9.17, 15) is 9.18 Å². The summed E-state index contributed by atoms with van der Waals surface area (Å²) in [5.74, 6) is -0.677. The average Bonchev–Trinajstić information content (AvgIpc) is 2.51. The quantitative estimate of drug-likeness (QED) is 0.752. The van der Waals surface area contributed by atoms with Gasteiger partial charge in [0.1, 0.15) is 5.69 Å². The van der Waals surface area contributed by atoms with Crippen LogP contribution in [0.5, 0.6) is 0 Å². The number of aromatic amines is 1. The number of H-pyrrole nitrogens is 1. The van der Waals surface area contributed by atoms with Gasteiger partial charge in [-0.05, 0) is 30.7 Å². The lowest BCUT2D eigenvalue weighted by molar-refractivity contribution is 0.625. The van der Waals surface area contributed by atoms with Gasteiger partial charge in [0, 0.05) is 16.8 Å². The van der Waals surface area contributed by atoms with Gasteiger partial charge in [0.05, 0.1) is 16.3 Å². The van der Waals surface area contributed by atoms with E-state index in [0.717, 1.165) is 6.07 Å². The summed E-state index contributed by atoms with van der Waals surface area (Å²) < 4.78 is 14.3. The van der Waals surface area contributed by atoms with Gasteiger partial charge in [-0.1, -0.05) is 35.3 Å². The number of aryl methyl sites for hydroxylation is 1. The predicted octanol–water partition coefficient (Wildman–Crippen LogP) is 4.25. The fourth-order valence-electron chi connectivity index (χ4n) is 2.34. The number of hydrogen-bond acceptors (Lipinski definition) is 3. The normalized spacial score (nSPS) is 10.8. The molecule has 7 heteroatoms. The molecule has 2 heterocycles. The van der Waals surface area contributed by atoms with Gasteiger partial charge in [0.25, 0.3) is 5.56 Å². The Morgan fingerprint density at radius 3 is 2.43 bits per heavy atom. The number of nitrogens with zero attached hydrogens (tertiary/aromatic N) is 2. The molecule has 0 aliphatic rings. The second kappa shape index (κ2) is 6.10. The number of hydrogen-bond donors (Lipinski definition) is 1. The lowest BCUT2D eigenvalue weighted by atomic mass is 9.97. The van der Waals surface area contributed by atoms with Gasteiger partial charge in [0.15, 0.2) is 5.82 Å². The van der Waals surface area contributed by atoms with Gasteiger partial charge in [-0.15, -0.1) is 0 Å². The van der Waals surface area contributed by atoms with Gasteiger partial charge >= 0.3 is 0 Å². The van der Waals surface area contributed by atoms with E-state index >= 15 is 0 Å². The van der Waals surface area contributed by atoms with Crippen molar-refractivity contribution in [1.29, 1.82) is 0 Å². The van der Waals surface area contributed by atoms with E-state index in [0.29, 0.717) is 21.8 Å². The fourth-order valence-corrected chi connectivity index (χ4v) is 2.61. The third-order valence-corrected chi connectivity index (χ3v) is 3.80. The first-order valence-electron chi connectivity index (χ1n) is 6.64. The molecule has 3 rings (SSSR count). The number of rotatable bonds is 2. The maximum absolute atomic E-state index is 14.3. The molecule has 116 valence electrons. The lowest BCUT2D eigenvalue weighted by Crippen LogP contribution is -2.15. The van der Waals surface area contributed by atoms with Gasteiger partial charge in [-0.3, -0.25) is 9.78 Å². The third-order valence-electron chi connectivity index (χ3n) is 3.34. The van der Waals surface area contributed by atoms with Crippen LogP contribution in [-0.2, 0) is 0 Å². The van der Waals surface area contributed by atoms with Crippen molar-refractivity contribution in [2.75, 3.05) is 0 Å². The molecule has 0 saturated carbocycles. The maximum Gasteiger partial charge on any atom is 0.274 e. The molecule has 4 nitrogen and oxygen atoms in total. The molecule has 0 unspecified atom stereocenters. The summed E-state index contributed by atoms with van der Waals surface area (Å²) in [5, 5.41) is 7.03. The van der Waals surface area contributed by atoms with Crippen molar-refractivity contribution in [2.45, 2.75) is 6.92 Å². The zero-order valence-electron chi connectivity index (χ0n) is 11.9. The number of aromatic nitrogens is 3. The van der Waals surface area contributed by atoms with Crippen molar-refractivity contribution in [2.24, 2.45) is 0 Å². The van der Waals surface area contributed by atoms with Crippen LogP contribution in [0.25, 0.3) is 22.4 Å². The standard InChI is InChI=1S/C16H10Cl2FN3O/c1-8-13(9-2-4-10(17)5-3-9)14(16(23)22-21-8)15-12(19)6-11(18)7-20-15/h2-7H,1H3,(H,22,23). The zero-order chi connectivity index (χ0) is 16.6. The molecule has 0 amide bonds. The summed E-state index contributed by atoms with van der Waals surface area (Å²) in [6.45, 7) is 1.72. The molecule has 0 saturated heterocycles. The SMILES string of the molecule is Cc1n[nH]c(=O)c(-c2ncc(Cl)cc2F)c1-c1ccc(Cl)cc1. The van der Waals surface area contributed by atoms with Gasteiger partial charge < -0.3 is 0 Å². The molecule has 0 aliphatic heterocycles. The van der Waals surface area contributed by atoms with Gasteiger partial charge in [-0.2, -0.15) is 5.10 Å². The van der Waals surface area contributed by atoms with E-state index in [1.807, 2.05) is 0 Å². The minimum absolute atomic E-state index is 0.0777. The van der Waals surface area contributed by atoms with Crippen LogP contribution in [0.2, 0.25) is 10.0 Å². The Morgan fingerprint density at radius 1 is 1.09 bits per heavy atom. The Labute approximate surface area is 140 Å². The van der Waals surface area contributed by atoms with Crippen molar-refractivity contribution in [3.8, 4) is 22.4 Å². The van der Waals surface area contributed by atoms with Crippen molar-refractivity contribution in [1.82, 2.24) is 15.2 Å². The molecule has 2 aromatic heterocycles. The van der Waals surface area contributed by atoms with Crippen LogP contribution in [0.15, 0.2) is 41.3 Å². The predicted molar refractivity (Wildman–Crippen MR) is 88.2 cm³/mol. The van der Waals surface area contributed by atoms with Gasteiger partial charge in [-0.25, -0.2) is 9.49 Å². The number of pyridine rings is 1. The molecule has 0 radical (unpaired) electrons. The summed E-state index contributed by atoms with van der Waals surface area (Å²) in [4.78, 5) is 16.3. The highest BCUT2D eigenvalue weighted by molar-refractivity contribution is 6.30. The summed E-state index contributed by atoms with van der Waals surface area (Å²) >= 11 is 11.6. The van der Waals surface area contributed by atoms with E-state index in [4.69, 9.17) is 23.2 Å². The minimum atomic E-state index is -0.677. The Hall–Kier alpha value is -2.24. The molecule has 0 spiro atoms. The van der Waals surface area contributed by atoms with Crippen LogP contribution in [-0.4, -0.2) is 15.2 Å². The topological polar surface area (TPSA) is 58.6 Å². The van der Waals surface area contributed by atoms with Crippen LogP contribution in [0.4, 0.5) is 4.39 Å². The van der Waals surface area contributed by atoms with E-state index in [1.165, 1.54) is 6.20 Å². The molecule has 1 aromatic carbocycles. The second-order valence-electron chi connectivity index (χ2n) is 4.88. The average molecular weight is 350 g/mol. The first kappa shape index (κ1) is 15.6. The minimum Gasteiger partial charge on any atom is -0.267 e. The molecule has 3 aromatic rings. The first-order chi connectivity index (χ1) is 11.0. The number of halogens is 3. The monoisotopic (exact) mass is 349 g/mol. The van der Waals surface area contributed by atoms with E-state index in [-0.39, 0.29) is 16.3 Å². The third kappa shape index (κ3) is 2.98. The Morgan fingerprint density at radius 2 is 1.78 bits per heavy atom. The summed E-state index contributed by atoms with van der Waals surface area (Å²) in [6.07, 6.45) is 1.29. The molecule has 23 heavy (non-hydrogen) atoms. The summed E-state index contributed by atoms with van der Waals surface area (Å²) in [6, 6.07) is 7.97. The molecule has 0 bridgehead atoms. The van der Waals surface area contributed by atoms with Crippen molar-refractivity contribution in [3.05, 3.63) is 68.4 Å². The van der Waals surface area contributed by atoms with E-state index in [1.54, 1.807) is 31.2 Å². The smallest absolute Gasteiger partial charge is 0.267 e. The van der Waals surface area contributed by atoms with Crippen molar-refractivity contribution >= 4 is 23.2 Å². The largest absolute Gasteiger partial charge is 0.274 e. The first-order valence-corrected chi connectivity index (χ1v) is 7.39. The van der Waals surface area contributed by atoms with Crippen LogP contribution < -0.4 is 5.56 Å². The van der Waals surface area contributed by atoms with E-state index in [2.05, 4.69) is 15.2 Å². The van der Waals surface area contributed by atoms with Crippen molar-refractivity contribution < 1.29 is 4.39 Å². The van der Waals surface area contributed by atoms with Crippen LogP contribution in [0, 0.1) is 12.7 Å². The zero-order valence-corrected chi connectivity index (χ0v) is 13.4. The van der Waals surface area contributed by atoms with Gasteiger partial charge in [0.2, 0.25) is 0 Å². The molecule has 0 fully saturated rings. The molecule has 0 atom stereocenters. The van der Waals surface area contributed by atoms with Crippen LogP contribution >= 0.6 is 23.2 Å². The summed E-state index contributed by atoms with van der Waals surface area (Å²) in [7, 11) is 0. The highest BCUT2D eigenvalue weighted by Gasteiger charge is 2.20. The number of nitrogens with one attached hydrogen (secondary N) is 1. The highest BCUT2D eigenvalue weighted by atomic mass is 35.5. The Bertz CT molecular complexity index is 939.